The van der Waals surface area contributed by atoms with Crippen molar-refractivity contribution in [1.29, 1.82) is 0 Å². The Balaban J connectivity index is 2.05. The Morgan fingerprint density at radius 3 is 2.06 bits per heavy atom. The lowest BCUT2D eigenvalue weighted by molar-refractivity contribution is -0.383. The molecule has 0 aliphatic carbocycles. The molecule has 0 radical (unpaired) electrons. The zero-order valence-electron chi connectivity index (χ0n) is 16.8. The number of nitrogens with one attached hydrogen (secondary N) is 2. The quantitative estimate of drug-likeness (QED) is 0.317. The number of carbonyl (C=O) groups excluding carboxylic acids is 2. The zero-order chi connectivity index (χ0) is 23.3. The zero-order valence-corrected chi connectivity index (χ0v) is 16.8. The van der Waals surface area contributed by atoms with Gasteiger partial charge in [-0.1, -0.05) is 12.1 Å². The van der Waals surface area contributed by atoms with E-state index in [0.29, 0.717) is 0 Å². The van der Waals surface area contributed by atoms with Crippen LogP contribution in [0.1, 0.15) is 20.7 Å². The molecule has 0 saturated carbocycles. The van der Waals surface area contributed by atoms with E-state index in [2.05, 4.69) is 30.1 Å². The number of halogens is 1. The van der Waals surface area contributed by atoms with Gasteiger partial charge in [0.25, 0.3) is 0 Å². The van der Waals surface area contributed by atoms with Crippen LogP contribution in [0.3, 0.4) is 0 Å². The number of hydrogen-bond donors (Lipinski definition) is 2. The second kappa shape index (κ2) is 9.47. The SMILES string of the molecule is COC(=O)c1cc(Nc2ncnc(Nc3ccccc3F)c2[N+](=O)[O-])cc(C(=O)OC)c1. The minimum atomic E-state index is -0.753. The third-order valence-electron chi connectivity index (χ3n) is 4.17. The Morgan fingerprint density at radius 2 is 1.53 bits per heavy atom. The topological polar surface area (TPSA) is 146 Å². The number of para-hydroxylation sites is 1. The molecular formula is C20H16FN5O6. The van der Waals surface area contributed by atoms with E-state index < -0.39 is 28.4 Å². The molecule has 0 amide bonds. The Hall–Kier alpha value is -4.61. The first-order valence-corrected chi connectivity index (χ1v) is 8.93. The molecule has 12 heteroatoms. The van der Waals surface area contributed by atoms with E-state index in [1.807, 2.05) is 0 Å². The molecule has 11 nitrogen and oxygen atoms in total. The molecule has 3 rings (SSSR count). The molecule has 0 unspecified atom stereocenters. The number of ether oxygens (including phenoxy) is 2. The van der Waals surface area contributed by atoms with E-state index in [4.69, 9.17) is 0 Å². The van der Waals surface area contributed by atoms with Crippen LogP contribution in [0, 0.1) is 15.9 Å². The van der Waals surface area contributed by atoms with Crippen LogP contribution >= 0.6 is 0 Å². The summed E-state index contributed by atoms with van der Waals surface area (Å²) in [5, 5.41) is 17.0. The van der Waals surface area contributed by atoms with E-state index in [1.54, 1.807) is 6.07 Å². The van der Waals surface area contributed by atoms with E-state index in [-0.39, 0.29) is 34.1 Å². The van der Waals surface area contributed by atoms with Gasteiger partial charge in [-0.05, 0) is 30.3 Å². The van der Waals surface area contributed by atoms with Crippen molar-refractivity contribution in [3.05, 3.63) is 75.9 Å². The summed E-state index contributed by atoms with van der Waals surface area (Å²) < 4.78 is 23.3. The summed E-state index contributed by atoms with van der Waals surface area (Å²) in [6.45, 7) is 0. The van der Waals surface area contributed by atoms with Gasteiger partial charge in [0.1, 0.15) is 12.1 Å². The van der Waals surface area contributed by atoms with Gasteiger partial charge in [0.15, 0.2) is 0 Å². The number of esters is 2. The number of hydrogen-bond acceptors (Lipinski definition) is 10. The number of anilines is 4. The molecule has 0 atom stereocenters. The number of carbonyl (C=O) groups is 2. The van der Waals surface area contributed by atoms with Crippen molar-refractivity contribution in [2.75, 3.05) is 24.9 Å². The van der Waals surface area contributed by atoms with E-state index in [0.717, 1.165) is 20.5 Å². The first kappa shape index (κ1) is 22.1. The molecule has 0 aliphatic rings. The van der Waals surface area contributed by atoms with Gasteiger partial charge in [0, 0.05) is 5.69 Å². The van der Waals surface area contributed by atoms with Crippen molar-refractivity contribution in [2.45, 2.75) is 0 Å². The molecule has 164 valence electrons. The number of nitrogens with zero attached hydrogens (tertiary/aromatic N) is 3. The molecule has 0 aliphatic heterocycles. The number of benzene rings is 2. The van der Waals surface area contributed by atoms with Crippen LogP contribution in [0.15, 0.2) is 48.8 Å². The lowest BCUT2D eigenvalue weighted by Gasteiger charge is -2.12. The minimum absolute atomic E-state index is 0.000635. The van der Waals surface area contributed by atoms with Gasteiger partial charge in [0.2, 0.25) is 11.6 Å². The summed E-state index contributed by atoms with van der Waals surface area (Å²) in [5.41, 5.74) is -0.495. The first-order chi connectivity index (χ1) is 15.3. The van der Waals surface area contributed by atoms with Crippen molar-refractivity contribution in [2.24, 2.45) is 0 Å². The molecule has 1 aromatic heterocycles. The maximum Gasteiger partial charge on any atom is 0.353 e. The Morgan fingerprint density at radius 1 is 0.969 bits per heavy atom. The van der Waals surface area contributed by atoms with Gasteiger partial charge in [0.05, 0.1) is 36.0 Å². The van der Waals surface area contributed by atoms with E-state index >= 15 is 0 Å². The highest BCUT2D eigenvalue weighted by Gasteiger charge is 2.25. The summed E-state index contributed by atoms with van der Waals surface area (Å²) in [7, 11) is 2.33. The Labute approximate surface area is 180 Å². The standard InChI is InChI=1S/C20H16FN5O6/c1-31-19(27)11-7-12(20(28)32-2)9-13(8-11)24-17-16(26(29)30)18(23-10-22-17)25-15-6-4-3-5-14(15)21/h3-10H,1-2H3,(H2,22,23,24,25). The lowest BCUT2D eigenvalue weighted by Crippen LogP contribution is -2.09. The minimum Gasteiger partial charge on any atom is -0.465 e. The summed E-state index contributed by atoms with van der Waals surface area (Å²) >= 11 is 0. The number of methoxy groups -OCH3 is 2. The fraction of sp³-hybridized carbons (Fsp3) is 0.100. The van der Waals surface area contributed by atoms with Crippen molar-refractivity contribution >= 4 is 40.6 Å². The maximum atomic E-state index is 14.0. The molecular weight excluding hydrogens is 425 g/mol. The predicted molar refractivity (Wildman–Crippen MR) is 111 cm³/mol. The van der Waals surface area contributed by atoms with Crippen molar-refractivity contribution < 1.29 is 28.4 Å². The molecule has 0 saturated heterocycles. The maximum absolute atomic E-state index is 14.0. The monoisotopic (exact) mass is 441 g/mol. The van der Waals surface area contributed by atoms with Crippen LogP contribution in [0.25, 0.3) is 0 Å². The number of aromatic nitrogens is 2. The molecule has 0 fully saturated rings. The molecule has 2 N–H and O–H groups in total. The van der Waals surface area contributed by atoms with E-state index in [9.17, 15) is 24.1 Å². The Kier molecular flexibility index (Phi) is 6.53. The first-order valence-electron chi connectivity index (χ1n) is 8.93. The van der Waals surface area contributed by atoms with Gasteiger partial charge < -0.3 is 20.1 Å². The fourth-order valence-electron chi connectivity index (χ4n) is 2.73. The number of nitro groups is 1. The molecule has 0 bridgehead atoms. The largest absolute Gasteiger partial charge is 0.465 e. The second-order valence-electron chi connectivity index (χ2n) is 6.19. The van der Waals surface area contributed by atoms with Gasteiger partial charge in [-0.2, -0.15) is 0 Å². The van der Waals surface area contributed by atoms with Crippen LogP contribution in [0.5, 0.6) is 0 Å². The van der Waals surface area contributed by atoms with Crippen LogP contribution in [-0.4, -0.2) is 41.0 Å². The molecule has 2 aromatic carbocycles. The van der Waals surface area contributed by atoms with Crippen molar-refractivity contribution in [3.63, 3.8) is 0 Å². The van der Waals surface area contributed by atoms with Crippen LogP contribution in [0.4, 0.5) is 33.1 Å². The highest BCUT2D eigenvalue weighted by molar-refractivity contribution is 5.97. The predicted octanol–water partition coefficient (Wildman–Crippen LogP) is 3.58. The van der Waals surface area contributed by atoms with Crippen molar-refractivity contribution in [1.82, 2.24) is 9.97 Å². The normalized spacial score (nSPS) is 10.2. The molecule has 3 aromatic rings. The summed E-state index contributed by atoms with van der Waals surface area (Å²) in [5.74, 6) is -2.64. The Bertz CT molecular complexity index is 1170. The molecule has 0 spiro atoms. The highest BCUT2D eigenvalue weighted by Crippen LogP contribution is 2.34. The third kappa shape index (κ3) is 4.75. The van der Waals surface area contributed by atoms with Crippen LogP contribution in [0.2, 0.25) is 0 Å². The number of rotatable bonds is 7. The average Bonchev–Trinajstić information content (AvgIpc) is 2.79. The average molecular weight is 441 g/mol. The van der Waals surface area contributed by atoms with Crippen molar-refractivity contribution in [3.8, 4) is 0 Å². The van der Waals surface area contributed by atoms with Gasteiger partial charge in [-0.15, -0.1) is 0 Å². The van der Waals surface area contributed by atoms with Gasteiger partial charge in [-0.25, -0.2) is 23.9 Å². The highest BCUT2D eigenvalue weighted by atomic mass is 19.1. The second-order valence-corrected chi connectivity index (χ2v) is 6.19. The smallest absolute Gasteiger partial charge is 0.353 e. The van der Waals surface area contributed by atoms with E-state index in [1.165, 1.54) is 36.4 Å². The third-order valence-corrected chi connectivity index (χ3v) is 4.17. The van der Waals surface area contributed by atoms with Gasteiger partial charge >= 0.3 is 17.6 Å². The molecule has 32 heavy (non-hydrogen) atoms. The summed E-state index contributed by atoms with van der Waals surface area (Å²) in [6, 6.07) is 9.46. The lowest BCUT2D eigenvalue weighted by atomic mass is 10.1. The fourth-order valence-corrected chi connectivity index (χ4v) is 2.73. The van der Waals surface area contributed by atoms with Crippen LogP contribution < -0.4 is 10.6 Å². The molecule has 1 heterocycles. The summed E-state index contributed by atoms with van der Waals surface area (Å²) in [6.07, 6.45) is 1.03. The summed E-state index contributed by atoms with van der Waals surface area (Å²) in [4.78, 5) is 42.6. The van der Waals surface area contributed by atoms with Gasteiger partial charge in [-0.3, -0.25) is 10.1 Å². The van der Waals surface area contributed by atoms with Crippen LogP contribution in [-0.2, 0) is 9.47 Å².